The first-order valence-electron chi connectivity index (χ1n) is 7.92. The zero-order valence-corrected chi connectivity index (χ0v) is 14.5. The second-order valence-electron chi connectivity index (χ2n) is 6.01. The van der Waals surface area contributed by atoms with E-state index in [1.54, 1.807) is 33.3 Å². The highest BCUT2D eigenvalue weighted by atomic mass is 32.1. The Morgan fingerprint density at radius 2 is 2.38 bits per heavy atom. The van der Waals surface area contributed by atoms with Gasteiger partial charge in [-0.2, -0.15) is 5.10 Å². The molecular formula is C16H21N5O2S. The molecule has 0 aliphatic carbocycles. The van der Waals surface area contributed by atoms with Gasteiger partial charge in [-0.3, -0.25) is 9.48 Å². The molecule has 0 unspecified atom stereocenters. The highest BCUT2D eigenvalue weighted by Crippen LogP contribution is 2.20. The number of carbonyl (C=O) groups excluding carboxylic acids is 2. The summed E-state index contributed by atoms with van der Waals surface area (Å²) in [5.41, 5.74) is 0.762. The number of rotatable bonds is 5. The largest absolute Gasteiger partial charge is 0.335 e. The lowest BCUT2D eigenvalue weighted by atomic mass is 10.2. The van der Waals surface area contributed by atoms with E-state index in [9.17, 15) is 9.59 Å². The van der Waals surface area contributed by atoms with Crippen molar-refractivity contribution in [3.05, 3.63) is 34.8 Å². The van der Waals surface area contributed by atoms with Gasteiger partial charge >= 0.3 is 6.03 Å². The summed E-state index contributed by atoms with van der Waals surface area (Å²) in [4.78, 5) is 27.4. The zero-order chi connectivity index (χ0) is 17.1. The quantitative estimate of drug-likeness (QED) is 0.861. The molecule has 2 aromatic heterocycles. The molecule has 128 valence electrons. The van der Waals surface area contributed by atoms with Crippen LogP contribution in [-0.4, -0.2) is 40.3 Å². The summed E-state index contributed by atoms with van der Waals surface area (Å²) < 4.78 is 1.66. The molecule has 0 spiro atoms. The summed E-state index contributed by atoms with van der Waals surface area (Å²) in [6.45, 7) is 2.54. The fourth-order valence-corrected chi connectivity index (χ4v) is 3.66. The van der Waals surface area contributed by atoms with Crippen molar-refractivity contribution in [1.29, 1.82) is 0 Å². The second kappa shape index (κ2) is 7.04. The number of aromatic nitrogens is 2. The first-order chi connectivity index (χ1) is 11.5. The molecule has 7 nitrogen and oxygen atoms in total. The van der Waals surface area contributed by atoms with E-state index < -0.39 is 6.04 Å². The van der Waals surface area contributed by atoms with Crippen LogP contribution in [0, 0.1) is 0 Å². The lowest BCUT2D eigenvalue weighted by Crippen LogP contribution is -2.48. The molecule has 0 bridgehead atoms. The van der Waals surface area contributed by atoms with Crippen molar-refractivity contribution >= 4 is 29.0 Å². The predicted octanol–water partition coefficient (Wildman–Crippen LogP) is 1.52. The van der Waals surface area contributed by atoms with Crippen LogP contribution in [0.15, 0.2) is 29.9 Å². The number of urea groups is 1. The van der Waals surface area contributed by atoms with E-state index in [0.29, 0.717) is 13.0 Å². The van der Waals surface area contributed by atoms with E-state index in [1.807, 2.05) is 31.5 Å². The molecule has 0 radical (unpaired) electrons. The summed E-state index contributed by atoms with van der Waals surface area (Å²) >= 11 is 1.67. The van der Waals surface area contributed by atoms with Crippen molar-refractivity contribution in [2.24, 2.45) is 7.05 Å². The number of anilines is 1. The fourth-order valence-electron chi connectivity index (χ4n) is 2.82. The van der Waals surface area contributed by atoms with E-state index in [2.05, 4.69) is 15.7 Å². The monoisotopic (exact) mass is 347 g/mol. The van der Waals surface area contributed by atoms with Gasteiger partial charge in [-0.05, 0) is 24.8 Å². The van der Waals surface area contributed by atoms with Gasteiger partial charge in [0.2, 0.25) is 5.91 Å². The SMILES string of the molecule is C[C@@H](Cc1cccs1)NC(=O)N[C@H]1CCN(c2cnn(C)c2)C1=O. The van der Waals surface area contributed by atoms with Crippen LogP contribution >= 0.6 is 11.3 Å². The number of amides is 3. The summed E-state index contributed by atoms with van der Waals surface area (Å²) in [6.07, 6.45) is 4.83. The van der Waals surface area contributed by atoms with Gasteiger partial charge in [0.1, 0.15) is 6.04 Å². The van der Waals surface area contributed by atoms with Crippen LogP contribution in [0.4, 0.5) is 10.5 Å². The van der Waals surface area contributed by atoms with Crippen molar-refractivity contribution in [2.75, 3.05) is 11.4 Å². The Hall–Kier alpha value is -2.35. The predicted molar refractivity (Wildman–Crippen MR) is 93.1 cm³/mol. The Labute approximate surface area is 144 Å². The minimum Gasteiger partial charge on any atom is -0.335 e. The highest BCUT2D eigenvalue weighted by Gasteiger charge is 2.34. The summed E-state index contributed by atoms with van der Waals surface area (Å²) in [5, 5.41) is 11.8. The molecule has 1 fully saturated rings. The molecule has 1 aliphatic rings. The summed E-state index contributed by atoms with van der Waals surface area (Å²) in [5.74, 6) is -0.0935. The van der Waals surface area contributed by atoms with Gasteiger partial charge < -0.3 is 15.5 Å². The number of nitrogens with zero attached hydrogens (tertiary/aromatic N) is 3. The van der Waals surface area contributed by atoms with E-state index in [0.717, 1.165) is 12.1 Å². The third kappa shape index (κ3) is 3.76. The molecule has 8 heteroatoms. The molecule has 3 rings (SSSR count). The van der Waals surface area contributed by atoms with Crippen LogP contribution < -0.4 is 15.5 Å². The Balaban J connectivity index is 1.50. The molecule has 3 heterocycles. The molecular weight excluding hydrogens is 326 g/mol. The van der Waals surface area contributed by atoms with Gasteiger partial charge in [-0.1, -0.05) is 6.07 Å². The Morgan fingerprint density at radius 3 is 3.04 bits per heavy atom. The van der Waals surface area contributed by atoms with Crippen LogP contribution in [0.3, 0.4) is 0 Å². The lowest BCUT2D eigenvalue weighted by molar-refractivity contribution is -0.118. The van der Waals surface area contributed by atoms with Crippen LogP contribution in [0.1, 0.15) is 18.2 Å². The van der Waals surface area contributed by atoms with Gasteiger partial charge in [0.25, 0.3) is 0 Å². The topological polar surface area (TPSA) is 79.3 Å². The van der Waals surface area contributed by atoms with Crippen molar-refractivity contribution in [2.45, 2.75) is 31.8 Å². The van der Waals surface area contributed by atoms with Gasteiger partial charge in [-0.25, -0.2) is 4.79 Å². The zero-order valence-electron chi connectivity index (χ0n) is 13.7. The summed E-state index contributed by atoms with van der Waals surface area (Å²) in [6, 6.07) is 3.27. The Bertz CT molecular complexity index is 712. The lowest BCUT2D eigenvalue weighted by Gasteiger charge is -2.17. The molecule has 2 atom stereocenters. The number of carbonyl (C=O) groups is 2. The minimum absolute atomic E-state index is 0.00887. The maximum Gasteiger partial charge on any atom is 0.315 e. The van der Waals surface area contributed by atoms with E-state index >= 15 is 0 Å². The summed E-state index contributed by atoms with van der Waals surface area (Å²) in [7, 11) is 1.81. The molecule has 0 aromatic carbocycles. The number of hydrogen-bond acceptors (Lipinski definition) is 4. The Morgan fingerprint density at radius 1 is 1.54 bits per heavy atom. The van der Waals surface area contributed by atoms with Crippen molar-refractivity contribution < 1.29 is 9.59 Å². The first kappa shape index (κ1) is 16.5. The van der Waals surface area contributed by atoms with E-state index in [4.69, 9.17) is 0 Å². The molecule has 2 N–H and O–H groups in total. The van der Waals surface area contributed by atoms with Crippen molar-refractivity contribution in [3.8, 4) is 0 Å². The van der Waals surface area contributed by atoms with Crippen LogP contribution in [-0.2, 0) is 18.3 Å². The average Bonchev–Trinajstić information content (AvgIpc) is 3.23. The average molecular weight is 347 g/mol. The molecule has 1 aliphatic heterocycles. The molecule has 0 saturated carbocycles. The van der Waals surface area contributed by atoms with E-state index in [-0.39, 0.29) is 18.0 Å². The van der Waals surface area contributed by atoms with Gasteiger partial charge in [-0.15, -0.1) is 11.3 Å². The first-order valence-corrected chi connectivity index (χ1v) is 8.80. The highest BCUT2D eigenvalue weighted by molar-refractivity contribution is 7.09. The van der Waals surface area contributed by atoms with Gasteiger partial charge in [0.05, 0.1) is 11.9 Å². The maximum atomic E-state index is 12.4. The standard InChI is InChI=1S/C16H21N5O2S/c1-11(8-13-4-3-7-24-13)18-16(23)19-14-5-6-21(15(14)22)12-9-17-20(2)10-12/h3-4,7,9-11,14H,5-6,8H2,1-2H3,(H2,18,19,23)/t11-,14-/m0/s1. The second-order valence-corrected chi connectivity index (χ2v) is 7.04. The number of thiophene rings is 1. The van der Waals surface area contributed by atoms with Crippen molar-refractivity contribution in [1.82, 2.24) is 20.4 Å². The fraction of sp³-hybridized carbons (Fsp3) is 0.438. The molecule has 3 amide bonds. The number of hydrogen-bond donors (Lipinski definition) is 2. The third-order valence-electron chi connectivity index (χ3n) is 3.98. The molecule has 24 heavy (non-hydrogen) atoms. The third-order valence-corrected chi connectivity index (χ3v) is 4.88. The minimum atomic E-state index is -0.487. The van der Waals surface area contributed by atoms with Gasteiger partial charge in [0.15, 0.2) is 0 Å². The van der Waals surface area contributed by atoms with Crippen LogP contribution in [0.2, 0.25) is 0 Å². The maximum absolute atomic E-state index is 12.4. The normalized spacial score (nSPS) is 18.7. The molecule has 2 aromatic rings. The van der Waals surface area contributed by atoms with Gasteiger partial charge in [0, 0.05) is 37.1 Å². The van der Waals surface area contributed by atoms with E-state index in [1.165, 1.54) is 4.88 Å². The van der Waals surface area contributed by atoms with Crippen LogP contribution in [0.5, 0.6) is 0 Å². The Kier molecular flexibility index (Phi) is 4.84. The number of aryl methyl sites for hydroxylation is 1. The van der Waals surface area contributed by atoms with Crippen LogP contribution in [0.25, 0.3) is 0 Å². The number of nitrogens with one attached hydrogen (secondary N) is 2. The van der Waals surface area contributed by atoms with Crippen molar-refractivity contribution in [3.63, 3.8) is 0 Å². The molecule has 1 saturated heterocycles. The smallest absolute Gasteiger partial charge is 0.315 e.